The Morgan fingerprint density at radius 2 is 2.00 bits per heavy atom. The van der Waals surface area contributed by atoms with Crippen molar-refractivity contribution in [3.05, 3.63) is 34.0 Å². The zero-order valence-electron chi connectivity index (χ0n) is 19.3. The van der Waals surface area contributed by atoms with Gasteiger partial charge in [-0.3, -0.25) is 9.59 Å². The number of alkyl halides is 1. The Labute approximate surface area is 188 Å². The summed E-state index contributed by atoms with van der Waals surface area (Å²) in [6.07, 6.45) is 5.17. The molecular weight excluding hydrogens is 409 g/mol. The molecular formula is C25H34FN3O3. The van der Waals surface area contributed by atoms with E-state index < -0.39 is 18.1 Å². The van der Waals surface area contributed by atoms with Gasteiger partial charge >= 0.3 is 0 Å². The fourth-order valence-corrected chi connectivity index (χ4v) is 5.86. The molecule has 1 fully saturated rings. The molecule has 2 aliphatic rings. The first-order valence-corrected chi connectivity index (χ1v) is 11.8. The third-order valence-corrected chi connectivity index (χ3v) is 7.29. The van der Waals surface area contributed by atoms with E-state index in [1.807, 2.05) is 14.0 Å². The number of hydrogen-bond acceptors (Lipinski definition) is 3. The van der Waals surface area contributed by atoms with Crippen LogP contribution in [0.25, 0.3) is 10.9 Å². The van der Waals surface area contributed by atoms with Crippen molar-refractivity contribution in [1.29, 1.82) is 0 Å². The van der Waals surface area contributed by atoms with Gasteiger partial charge in [0.05, 0.1) is 16.6 Å². The van der Waals surface area contributed by atoms with Gasteiger partial charge < -0.3 is 20.4 Å². The van der Waals surface area contributed by atoms with Crippen LogP contribution >= 0.6 is 0 Å². The van der Waals surface area contributed by atoms with Gasteiger partial charge in [0.25, 0.3) is 5.91 Å². The van der Waals surface area contributed by atoms with Crippen LogP contribution in [0.1, 0.15) is 77.1 Å². The van der Waals surface area contributed by atoms with Crippen LogP contribution in [0.15, 0.2) is 6.07 Å². The summed E-state index contributed by atoms with van der Waals surface area (Å²) in [5.41, 5.74) is 10.4. The molecule has 1 saturated heterocycles. The lowest BCUT2D eigenvalue weighted by Gasteiger charge is -2.33. The minimum atomic E-state index is -1.52. The summed E-state index contributed by atoms with van der Waals surface area (Å²) < 4.78 is 21.4. The number of aromatic nitrogens is 1. The third-order valence-electron chi connectivity index (χ3n) is 7.29. The van der Waals surface area contributed by atoms with Crippen LogP contribution in [0.3, 0.4) is 0 Å². The zero-order valence-corrected chi connectivity index (χ0v) is 19.3. The summed E-state index contributed by atoms with van der Waals surface area (Å²) in [5, 5.41) is 3.33. The second kappa shape index (κ2) is 9.22. The number of carbonyl (C=O) groups is 2. The van der Waals surface area contributed by atoms with Crippen LogP contribution in [-0.4, -0.2) is 35.9 Å². The smallest absolute Gasteiger partial charge is 0.254 e. The molecule has 2 atom stereocenters. The standard InChI is InChI=1S/C25H34FN3O3/c1-4-5-17-22(25(31)28-14(2)26)20(24(27)30)13-19-18-12-16(15-8-10-32-11-9-15)6-7-21(18)29(3)23(17)19/h13-16H,4-12H2,1-3H3,(H2,27,30)(H,28,31). The number of ether oxygens (including phenoxy) is 1. The predicted octanol–water partition coefficient (Wildman–Crippen LogP) is 3.81. The number of carbonyl (C=O) groups excluding carboxylic acids is 2. The van der Waals surface area contributed by atoms with E-state index in [4.69, 9.17) is 10.5 Å². The summed E-state index contributed by atoms with van der Waals surface area (Å²) in [5.74, 6) is 0.0155. The highest BCUT2D eigenvalue weighted by atomic mass is 19.1. The van der Waals surface area contributed by atoms with Crippen LogP contribution in [-0.2, 0) is 31.0 Å². The van der Waals surface area contributed by atoms with Crippen molar-refractivity contribution in [2.24, 2.45) is 24.6 Å². The van der Waals surface area contributed by atoms with Crippen molar-refractivity contribution in [2.45, 2.75) is 65.1 Å². The summed E-state index contributed by atoms with van der Waals surface area (Å²) in [7, 11) is 2.04. The van der Waals surface area contributed by atoms with Crippen LogP contribution in [0.4, 0.5) is 4.39 Å². The molecule has 32 heavy (non-hydrogen) atoms. The van der Waals surface area contributed by atoms with Gasteiger partial charge in [0.2, 0.25) is 5.91 Å². The maximum Gasteiger partial charge on any atom is 0.254 e. The highest BCUT2D eigenvalue weighted by Crippen LogP contribution is 2.41. The molecule has 0 bridgehead atoms. The van der Waals surface area contributed by atoms with Gasteiger partial charge in [0.1, 0.15) is 0 Å². The molecule has 0 spiro atoms. The van der Waals surface area contributed by atoms with Gasteiger partial charge in [-0.25, -0.2) is 4.39 Å². The molecule has 1 aromatic carbocycles. The van der Waals surface area contributed by atoms with E-state index in [2.05, 4.69) is 9.88 Å². The molecule has 2 amide bonds. The largest absolute Gasteiger partial charge is 0.381 e. The van der Waals surface area contributed by atoms with E-state index in [-0.39, 0.29) is 11.1 Å². The highest BCUT2D eigenvalue weighted by Gasteiger charge is 2.33. The summed E-state index contributed by atoms with van der Waals surface area (Å²) in [6.45, 7) is 4.97. The Morgan fingerprint density at radius 3 is 2.62 bits per heavy atom. The Kier molecular flexibility index (Phi) is 6.56. The Bertz CT molecular complexity index is 1040. The first-order valence-electron chi connectivity index (χ1n) is 11.8. The van der Waals surface area contributed by atoms with Crippen LogP contribution in [0, 0.1) is 11.8 Å². The Balaban J connectivity index is 1.89. The zero-order chi connectivity index (χ0) is 23.0. The number of primary amides is 1. The molecule has 6 nitrogen and oxygen atoms in total. The summed E-state index contributed by atoms with van der Waals surface area (Å²) in [6, 6.07) is 1.78. The van der Waals surface area contributed by atoms with E-state index >= 15 is 0 Å². The number of rotatable bonds is 6. The molecule has 1 aromatic heterocycles. The maximum atomic E-state index is 13.6. The van der Waals surface area contributed by atoms with Crippen LogP contribution < -0.4 is 11.1 Å². The van der Waals surface area contributed by atoms with Gasteiger partial charge in [-0.2, -0.15) is 0 Å². The van der Waals surface area contributed by atoms with Crippen molar-refractivity contribution < 1.29 is 18.7 Å². The molecule has 174 valence electrons. The number of amides is 2. The van der Waals surface area contributed by atoms with Gasteiger partial charge in [-0.15, -0.1) is 0 Å². The topological polar surface area (TPSA) is 86.4 Å². The van der Waals surface area contributed by atoms with E-state index in [1.54, 1.807) is 6.07 Å². The molecule has 4 rings (SSSR count). The monoisotopic (exact) mass is 443 g/mol. The number of hydrogen-bond donors (Lipinski definition) is 2. The lowest BCUT2D eigenvalue weighted by atomic mass is 9.75. The van der Waals surface area contributed by atoms with E-state index in [0.29, 0.717) is 18.3 Å². The van der Waals surface area contributed by atoms with Gasteiger partial charge in [-0.1, -0.05) is 13.3 Å². The molecule has 1 aliphatic carbocycles. The lowest BCUT2D eigenvalue weighted by molar-refractivity contribution is 0.0439. The van der Waals surface area contributed by atoms with Crippen molar-refractivity contribution >= 4 is 22.7 Å². The molecule has 2 heterocycles. The number of benzene rings is 1. The molecule has 0 radical (unpaired) electrons. The van der Waals surface area contributed by atoms with Crippen molar-refractivity contribution in [2.75, 3.05) is 13.2 Å². The molecule has 3 N–H and O–H groups in total. The van der Waals surface area contributed by atoms with Crippen molar-refractivity contribution in [3.63, 3.8) is 0 Å². The average Bonchev–Trinajstić information content (AvgIpc) is 3.05. The van der Waals surface area contributed by atoms with E-state index in [1.165, 1.54) is 18.2 Å². The normalized spacial score (nSPS) is 20.2. The number of nitrogens with one attached hydrogen (secondary N) is 1. The van der Waals surface area contributed by atoms with E-state index in [9.17, 15) is 14.0 Å². The fourth-order valence-electron chi connectivity index (χ4n) is 5.86. The lowest BCUT2D eigenvalue weighted by Crippen LogP contribution is -2.32. The maximum absolute atomic E-state index is 13.6. The van der Waals surface area contributed by atoms with Gasteiger partial charge in [0, 0.05) is 31.3 Å². The Morgan fingerprint density at radius 1 is 1.28 bits per heavy atom. The number of halogens is 1. The van der Waals surface area contributed by atoms with Crippen molar-refractivity contribution in [1.82, 2.24) is 9.88 Å². The second-order valence-electron chi connectivity index (χ2n) is 9.31. The van der Waals surface area contributed by atoms with E-state index in [0.717, 1.165) is 68.2 Å². The van der Waals surface area contributed by atoms with Crippen LogP contribution in [0.2, 0.25) is 0 Å². The van der Waals surface area contributed by atoms with Gasteiger partial charge in [0.15, 0.2) is 6.30 Å². The molecule has 7 heteroatoms. The number of nitrogens with two attached hydrogens (primary N) is 1. The van der Waals surface area contributed by atoms with Crippen LogP contribution in [0.5, 0.6) is 0 Å². The number of aryl methyl sites for hydroxylation is 2. The minimum absolute atomic E-state index is 0.181. The fraction of sp³-hybridized carbons (Fsp3) is 0.600. The predicted molar refractivity (Wildman–Crippen MR) is 123 cm³/mol. The molecule has 2 unspecified atom stereocenters. The van der Waals surface area contributed by atoms with Gasteiger partial charge in [-0.05, 0) is 74.5 Å². The first-order chi connectivity index (χ1) is 15.3. The minimum Gasteiger partial charge on any atom is -0.381 e. The second-order valence-corrected chi connectivity index (χ2v) is 9.31. The number of nitrogens with zero attached hydrogens (tertiary/aromatic N) is 1. The molecule has 1 aliphatic heterocycles. The quantitative estimate of drug-likeness (QED) is 0.666. The molecule has 2 aromatic rings. The first kappa shape index (κ1) is 22.8. The third kappa shape index (κ3) is 4.03. The summed E-state index contributed by atoms with van der Waals surface area (Å²) >= 11 is 0. The molecule has 0 saturated carbocycles. The Hall–Kier alpha value is -2.41. The average molecular weight is 444 g/mol. The summed E-state index contributed by atoms with van der Waals surface area (Å²) in [4.78, 5) is 25.4. The number of fused-ring (bicyclic) bond motifs is 3. The van der Waals surface area contributed by atoms with Crippen molar-refractivity contribution in [3.8, 4) is 0 Å². The highest BCUT2D eigenvalue weighted by molar-refractivity contribution is 6.12. The SMILES string of the molecule is CCCc1c(C(=O)NC(C)F)c(C(N)=O)cc2c3c(n(C)c12)CCC(C1CCOCC1)C3.